The highest BCUT2D eigenvalue weighted by atomic mass is 15.0. The van der Waals surface area contributed by atoms with Crippen molar-refractivity contribution in [2.24, 2.45) is 0 Å². The fraction of sp³-hybridized carbons (Fsp3) is 0. The maximum atomic E-state index is 5.23. The van der Waals surface area contributed by atoms with Gasteiger partial charge < -0.3 is 9.13 Å². The van der Waals surface area contributed by atoms with Gasteiger partial charge in [0.05, 0.1) is 22.1 Å². The van der Waals surface area contributed by atoms with Crippen LogP contribution in [0.1, 0.15) is 0 Å². The van der Waals surface area contributed by atoms with Gasteiger partial charge in [-0.1, -0.05) is 127 Å². The lowest BCUT2D eigenvalue weighted by Gasteiger charge is -2.12. The molecule has 5 heteroatoms. The predicted octanol–water partition coefficient (Wildman–Crippen LogP) is 12.2. The predicted molar refractivity (Wildman–Crippen MR) is 222 cm³/mol. The van der Waals surface area contributed by atoms with Gasteiger partial charge in [-0.15, -0.1) is 0 Å². The number of nitrogens with zero attached hydrogens (tertiary/aromatic N) is 5. The average molecular weight is 690 g/mol. The highest BCUT2D eigenvalue weighted by Gasteiger charge is 2.20. The minimum atomic E-state index is 0.627. The zero-order valence-electron chi connectivity index (χ0n) is 29.1. The van der Waals surface area contributed by atoms with Crippen LogP contribution in [0, 0.1) is 0 Å². The molecule has 0 fully saturated rings. The zero-order valence-corrected chi connectivity index (χ0v) is 29.1. The SMILES string of the molecule is c1ccc(-c2nc(-c3ccc(-n4c5ccccc5c5c6ccccc6ccc54)cc3)nc(-c3cccc4c3c3ccccc3n4-c3ccccc3)n2)cc1. The van der Waals surface area contributed by atoms with Crippen LogP contribution in [0.4, 0.5) is 0 Å². The first kappa shape index (κ1) is 30.3. The van der Waals surface area contributed by atoms with Gasteiger partial charge in [-0.3, -0.25) is 0 Å². The van der Waals surface area contributed by atoms with Crippen LogP contribution in [0.15, 0.2) is 188 Å². The van der Waals surface area contributed by atoms with Crippen molar-refractivity contribution in [3.63, 3.8) is 0 Å². The second-order valence-electron chi connectivity index (χ2n) is 13.6. The van der Waals surface area contributed by atoms with Crippen LogP contribution in [0.25, 0.3) is 99.9 Å². The average Bonchev–Trinajstić information content (AvgIpc) is 3.78. The molecule has 0 atom stereocenters. The van der Waals surface area contributed by atoms with Gasteiger partial charge >= 0.3 is 0 Å². The lowest BCUT2D eigenvalue weighted by Crippen LogP contribution is -2.01. The first-order valence-corrected chi connectivity index (χ1v) is 18.2. The molecule has 0 aliphatic carbocycles. The third kappa shape index (κ3) is 4.69. The first-order chi connectivity index (χ1) is 26.8. The van der Waals surface area contributed by atoms with Crippen molar-refractivity contribution in [3.05, 3.63) is 188 Å². The Morgan fingerprint density at radius 2 is 0.796 bits per heavy atom. The summed E-state index contributed by atoms with van der Waals surface area (Å²) >= 11 is 0. The summed E-state index contributed by atoms with van der Waals surface area (Å²) in [5.41, 5.74) is 9.61. The molecule has 0 amide bonds. The molecule has 5 nitrogen and oxygen atoms in total. The second-order valence-corrected chi connectivity index (χ2v) is 13.6. The Balaban J connectivity index is 1.10. The lowest BCUT2D eigenvalue weighted by molar-refractivity contribution is 1.07. The number of hydrogen-bond acceptors (Lipinski definition) is 3. The Bertz CT molecular complexity index is 3200. The molecule has 3 aromatic heterocycles. The van der Waals surface area contributed by atoms with Crippen LogP contribution in [-0.4, -0.2) is 24.1 Å². The summed E-state index contributed by atoms with van der Waals surface area (Å²) in [6.45, 7) is 0. The Morgan fingerprint density at radius 3 is 1.50 bits per heavy atom. The van der Waals surface area contributed by atoms with Gasteiger partial charge in [-0.25, -0.2) is 15.0 Å². The van der Waals surface area contributed by atoms with Crippen LogP contribution >= 0.6 is 0 Å². The fourth-order valence-electron chi connectivity index (χ4n) is 8.18. The van der Waals surface area contributed by atoms with E-state index in [1.165, 1.54) is 32.6 Å². The standard InChI is InChI=1S/C49H31N5/c1-3-15-33(16-4-1)47-50-48(52-49(51-47)40-22-13-25-43-46(40)39-21-10-12-24-42(39)53(43)35-17-5-2-6-18-35)34-26-29-36(30-27-34)54-41-23-11-9-20-38(41)45-37-19-8-7-14-32(37)28-31-44(45)54/h1-31H. The molecule has 0 saturated carbocycles. The summed E-state index contributed by atoms with van der Waals surface area (Å²) in [5, 5.41) is 7.27. The smallest absolute Gasteiger partial charge is 0.164 e. The van der Waals surface area contributed by atoms with Crippen LogP contribution < -0.4 is 0 Å². The minimum Gasteiger partial charge on any atom is -0.309 e. The van der Waals surface area contributed by atoms with Crippen molar-refractivity contribution in [2.45, 2.75) is 0 Å². The van der Waals surface area contributed by atoms with Crippen molar-refractivity contribution in [3.8, 4) is 45.5 Å². The molecule has 8 aromatic carbocycles. The Labute approximate surface area is 311 Å². The molecule has 0 aliphatic heterocycles. The van der Waals surface area contributed by atoms with Crippen molar-refractivity contribution >= 4 is 54.4 Å². The summed E-state index contributed by atoms with van der Waals surface area (Å²) in [5.74, 6) is 1.90. The third-order valence-electron chi connectivity index (χ3n) is 10.6. The quantitative estimate of drug-likeness (QED) is 0.181. The summed E-state index contributed by atoms with van der Waals surface area (Å²) in [7, 11) is 0. The Morgan fingerprint density at radius 1 is 0.296 bits per heavy atom. The van der Waals surface area contributed by atoms with Gasteiger partial charge in [0.15, 0.2) is 17.5 Å². The number of benzene rings is 8. The van der Waals surface area contributed by atoms with E-state index in [9.17, 15) is 0 Å². The summed E-state index contributed by atoms with van der Waals surface area (Å²) < 4.78 is 4.68. The molecule has 3 heterocycles. The maximum Gasteiger partial charge on any atom is 0.164 e. The third-order valence-corrected chi connectivity index (χ3v) is 10.6. The van der Waals surface area contributed by atoms with Crippen molar-refractivity contribution in [2.75, 3.05) is 0 Å². The lowest BCUT2D eigenvalue weighted by atomic mass is 10.0. The molecule has 11 aromatic rings. The van der Waals surface area contributed by atoms with E-state index in [0.717, 1.165) is 49.9 Å². The van der Waals surface area contributed by atoms with Gasteiger partial charge in [0, 0.05) is 49.6 Å². The van der Waals surface area contributed by atoms with Gasteiger partial charge in [-0.2, -0.15) is 0 Å². The number of para-hydroxylation sites is 3. The highest BCUT2D eigenvalue weighted by molar-refractivity contribution is 6.21. The van der Waals surface area contributed by atoms with Gasteiger partial charge in [-0.05, 0) is 71.4 Å². The van der Waals surface area contributed by atoms with Crippen molar-refractivity contribution in [1.29, 1.82) is 0 Å². The van der Waals surface area contributed by atoms with E-state index in [4.69, 9.17) is 15.0 Å². The summed E-state index contributed by atoms with van der Waals surface area (Å²) in [6.07, 6.45) is 0. The molecule has 0 bridgehead atoms. The molecule has 54 heavy (non-hydrogen) atoms. The van der Waals surface area contributed by atoms with E-state index >= 15 is 0 Å². The Hall–Kier alpha value is -7.37. The van der Waals surface area contributed by atoms with E-state index in [2.05, 4.69) is 179 Å². The number of rotatable bonds is 5. The first-order valence-electron chi connectivity index (χ1n) is 18.2. The molecular formula is C49H31N5. The van der Waals surface area contributed by atoms with Crippen molar-refractivity contribution in [1.82, 2.24) is 24.1 Å². The van der Waals surface area contributed by atoms with E-state index in [0.29, 0.717) is 17.5 Å². The normalized spacial score (nSPS) is 11.7. The molecule has 0 aliphatic rings. The van der Waals surface area contributed by atoms with Crippen molar-refractivity contribution < 1.29 is 0 Å². The van der Waals surface area contributed by atoms with E-state index in [1.54, 1.807) is 0 Å². The van der Waals surface area contributed by atoms with Crippen LogP contribution in [0.3, 0.4) is 0 Å². The number of fused-ring (bicyclic) bond motifs is 8. The number of aromatic nitrogens is 5. The highest BCUT2D eigenvalue weighted by Crippen LogP contribution is 2.39. The molecule has 0 radical (unpaired) electrons. The van der Waals surface area contributed by atoms with Crippen LogP contribution in [0.2, 0.25) is 0 Å². The zero-order chi connectivity index (χ0) is 35.6. The summed E-state index contributed by atoms with van der Waals surface area (Å²) in [6, 6.07) is 66.1. The molecule has 11 rings (SSSR count). The maximum absolute atomic E-state index is 5.23. The number of hydrogen-bond donors (Lipinski definition) is 0. The second kappa shape index (κ2) is 12.1. The van der Waals surface area contributed by atoms with Crippen LogP contribution in [-0.2, 0) is 0 Å². The monoisotopic (exact) mass is 689 g/mol. The molecular weight excluding hydrogens is 659 g/mol. The molecule has 0 saturated heterocycles. The van der Waals surface area contributed by atoms with E-state index in [1.807, 2.05) is 18.2 Å². The molecule has 252 valence electrons. The van der Waals surface area contributed by atoms with E-state index in [-0.39, 0.29) is 0 Å². The van der Waals surface area contributed by atoms with E-state index < -0.39 is 0 Å². The Kier molecular flexibility index (Phi) is 6.79. The van der Waals surface area contributed by atoms with Gasteiger partial charge in [0.2, 0.25) is 0 Å². The molecule has 0 unspecified atom stereocenters. The van der Waals surface area contributed by atoms with Gasteiger partial charge in [0.25, 0.3) is 0 Å². The topological polar surface area (TPSA) is 48.5 Å². The summed E-state index contributed by atoms with van der Waals surface area (Å²) in [4.78, 5) is 15.5. The minimum absolute atomic E-state index is 0.627. The van der Waals surface area contributed by atoms with Crippen LogP contribution in [0.5, 0.6) is 0 Å². The fourth-order valence-corrected chi connectivity index (χ4v) is 8.18. The molecule has 0 spiro atoms. The molecule has 0 N–H and O–H groups in total. The largest absolute Gasteiger partial charge is 0.309 e. The van der Waals surface area contributed by atoms with Gasteiger partial charge in [0.1, 0.15) is 0 Å².